The minimum absolute atomic E-state index is 0.414. The molecule has 4 rings (SSSR count). The van der Waals surface area contributed by atoms with E-state index in [0.717, 1.165) is 48.8 Å². The van der Waals surface area contributed by atoms with Crippen molar-refractivity contribution in [3.63, 3.8) is 0 Å². The summed E-state index contributed by atoms with van der Waals surface area (Å²) in [5.74, 6) is 1.32. The van der Waals surface area contributed by atoms with Crippen molar-refractivity contribution in [2.24, 2.45) is 0 Å². The van der Waals surface area contributed by atoms with Gasteiger partial charge in [0, 0.05) is 25.3 Å². The van der Waals surface area contributed by atoms with Gasteiger partial charge in [-0.1, -0.05) is 48.1 Å². The van der Waals surface area contributed by atoms with E-state index in [0.29, 0.717) is 18.1 Å². The molecule has 0 N–H and O–H groups in total. The summed E-state index contributed by atoms with van der Waals surface area (Å²) < 4.78 is 16.8. The Hall–Kier alpha value is -2.21. The molecule has 6 nitrogen and oxygen atoms in total. The lowest BCUT2D eigenvalue weighted by atomic mass is 9.94. The molecule has 25 heavy (non-hydrogen) atoms. The highest BCUT2D eigenvalue weighted by Gasteiger charge is 2.38. The number of rotatable bonds is 5. The van der Waals surface area contributed by atoms with E-state index in [1.807, 2.05) is 24.3 Å². The van der Waals surface area contributed by atoms with Crippen molar-refractivity contribution in [1.82, 2.24) is 15.3 Å². The zero-order valence-electron chi connectivity index (χ0n) is 14.5. The minimum atomic E-state index is -0.414. The Labute approximate surface area is 146 Å². The van der Waals surface area contributed by atoms with Gasteiger partial charge in [0.25, 0.3) is 5.89 Å². The fourth-order valence-corrected chi connectivity index (χ4v) is 3.69. The molecular formula is C19H23N3O3. The first kappa shape index (κ1) is 16.3. The molecule has 0 bridgehead atoms. The molecule has 2 aromatic heterocycles. The molecule has 0 amide bonds. The van der Waals surface area contributed by atoms with Gasteiger partial charge in [-0.3, -0.25) is 0 Å². The zero-order chi connectivity index (χ0) is 17.1. The summed E-state index contributed by atoms with van der Waals surface area (Å²) in [5.41, 5.74) is 1.32. The Kier molecular flexibility index (Phi) is 4.53. The number of para-hydroxylation sites is 1. The second kappa shape index (κ2) is 6.96. The molecule has 6 heteroatoms. The van der Waals surface area contributed by atoms with E-state index >= 15 is 0 Å². The Bertz CT molecular complexity index is 831. The number of nitrogens with zero attached hydrogens (tertiary/aromatic N) is 3. The summed E-state index contributed by atoms with van der Waals surface area (Å²) in [6.45, 7) is 0. The first-order valence-electron chi connectivity index (χ1n) is 9.02. The van der Waals surface area contributed by atoms with Gasteiger partial charge in [0.05, 0.1) is 5.69 Å². The van der Waals surface area contributed by atoms with E-state index in [4.69, 9.17) is 13.8 Å². The normalized spacial score (nSPS) is 17.6. The van der Waals surface area contributed by atoms with Crippen molar-refractivity contribution in [2.75, 3.05) is 7.11 Å². The standard InChI is InChI=1S/C19H23N3O3/c1-23-19(12-6-2-3-7-13-19)18-20-17(22-25-18)11-10-15-14-8-4-5-9-16(14)24-21-15/h4-5,8-9H,2-3,6-7,10-13H2,1H3. The van der Waals surface area contributed by atoms with Gasteiger partial charge in [-0.2, -0.15) is 4.98 Å². The molecule has 3 aromatic rings. The number of hydrogen-bond donors (Lipinski definition) is 0. The summed E-state index contributed by atoms with van der Waals surface area (Å²) in [4.78, 5) is 4.64. The third kappa shape index (κ3) is 3.18. The first-order valence-corrected chi connectivity index (χ1v) is 9.02. The van der Waals surface area contributed by atoms with Gasteiger partial charge in [-0.05, 0) is 25.0 Å². The van der Waals surface area contributed by atoms with Crippen molar-refractivity contribution < 1.29 is 13.8 Å². The Balaban J connectivity index is 1.49. The fraction of sp³-hybridized carbons (Fsp3) is 0.526. The summed E-state index contributed by atoms with van der Waals surface area (Å²) in [6, 6.07) is 7.88. The van der Waals surface area contributed by atoms with Gasteiger partial charge in [0.1, 0.15) is 5.60 Å². The quantitative estimate of drug-likeness (QED) is 0.648. The smallest absolute Gasteiger partial charge is 0.258 e. The predicted molar refractivity (Wildman–Crippen MR) is 92.1 cm³/mol. The number of ether oxygens (including phenoxy) is 1. The van der Waals surface area contributed by atoms with E-state index in [-0.39, 0.29) is 0 Å². The Morgan fingerprint density at radius 3 is 2.60 bits per heavy atom. The number of fused-ring (bicyclic) bond motifs is 1. The fourth-order valence-electron chi connectivity index (χ4n) is 3.69. The molecule has 0 radical (unpaired) electrons. The predicted octanol–water partition coefficient (Wildman–Crippen LogP) is 4.19. The van der Waals surface area contributed by atoms with Gasteiger partial charge in [0.15, 0.2) is 11.4 Å². The molecule has 1 aromatic carbocycles. The number of aromatic nitrogens is 3. The number of methoxy groups -OCH3 is 1. The monoisotopic (exact) mass is 341 g/mol. The molecule has 0 unspecified atom stereocenters. The number of hydrogen-bond acceptors (Lipinski definition) is 6. The molecule has 0 saturated heterocycles. The summed E-state index contributed by atoms with van der Waals surface area (Å²) in [7, 11) is 1.75. The van der Waals surface area contributed by atoms with Crippen LogP contribution in [0.25, 0.3) is 11.0 Å². The average Bonchev–Trinajstić information content (AvgIpc) is 3.21. The highest BCUT2D eigenvalue weighted by molar-refractivity contribution is 5.79. The minimum Gasteiger partial charge on any atom is -0.368 e. The topological polar surface area (TPSA) is 74.2 Å². The molecule has 2 heterocycles. The molecule has 0 atom stereocenters. The molecule has 1 aliphatic rings. The van der Waals surface area contributed by atoms with E-state index in [1.54, 1.807) is 7.11 Å². The van der Waals surface area contributed by atoms with Crippen LogP contribution in [-0.2, 0) is 23.2 Å². The van der Waals surface area contributed by atoms with Crippen molar-refractivity contribution in [2.45, 2.75) is 57.0 Å². The van der Waals surface area contributed by atoms with Crippen molar-refractivity contribution in [1.29, 1.82) is 0 Å². The molecule has 1 saturated carbocycles. The highest BCUT2D eigenvalue weighted by atomic mass is 16.5. The second-order valence-corrected chi connectivity index (χ2v) is 6.75. The van der Waals surface area contributed by atoms with Gasteiger partial charge >= 0.3 is 0 Å². The SMILES string of the molecule is COC1(c2nc(CCc3noc4ccccc34)no2)CCCCCC1. The van der Waals surface area contributed by atoms with Crippen LogP contribution < -0.4 is 0 Å². The van der Waals surface area contributed by atoms with E-state index in [2.05, 4.69) is 15.3 Å². The maximum atomic E-state index is 5.84. The average molecular weight is 341 g/mol. The highest BCUT2D eigenvalue weighted by Crippen LogP contribution is 2.38. The molecular weight excluding hydrogens is 318 g/mol. The van der Waals surface area contributed by atoms with Crippen LogP contribution in [0.1, 0.15) is 55.9 Å². The van der Waals surface area contributed by atoms with E-state index < -0.39 is 5.60 Å². The molecule has 132 valence electrons. The lowest BCUT2D eigenvalue weighted by molar-refractivity contribution is -0.0520. The third-order valence-electron chi connectivity index (χ3n) is 5.20. The number of benzene rings is 1. The van der Waals surface area contributed by atoms with Crippen LogP contribution in [0.3, 0.4) is 0 Å². The first-order chi connectivity index (χ1) is 12.3. The lowest BCUT2D eigenvalue weighted by Crippen LogP contribution is -2.28. The van der Waals surface area contributed by atoms with Crippen molar-refractivity contribution in [3.8, 4) is 0 Å². The Morgan fingerprint density at radius 2 is 1.80 bits per heavy atom. The van der Waals surface area contributed by atoms with Crippen LogP contribution in [0.2, 0.25) is 0 Å². The Morgan fingerprint density at radius 1 is 1.00 bits per heavy atom. The van der Waals surface area contributed by atoms with Crippen LogP contribution >= 0.6 is 0 Å². The van der Waals surface area contributed by atoms with Crippen LogP contribution in [0.15, 0.2) is 33.3 Å². The lowest BCUT2D eigenvalue weighted by Gasteiger charge is -2.26. The van der Waals surface area contributed by atoms with Crippen LogP contribution in [0, 0.1) is 0 Å². The largest absolute Gasteiger partial charge is 0.368 e. The van der Waals surface area contributed by atoms with E-state index in [9.17, 15) is 0 Å². The van der Waals surface area contributed by atoms with Crippen molar-refractivity contribution >= 4 is 11.0 Å². The maximum absolute atomic E-state index is 5.84. The van der Waals surface area contributed by atoms with Gasteiger partial charge < -0.3 is 13.8 Å². The van der Waals surface area contributed by atoms with Crippen LogP contribution in [0.5, 0.6) is 0 Å². The number of aryl methyl sites for hydroxylation is 2. The van der Waals surface area contributed by atoms with Crippen LogP contribution in [-0.4, -0.2) is 22.4 Å². The zero-order valence-corrected chi connectivity index (χ0v) is 14.5. The second-order valence-electron chi connectivity index (χ2n) is 6.75. The van der Waals surface area contributed by atoms with Gasteiger partial charge in [-0.25, -0.2) is 0 Å². The maximum Gasteiger partial charge on any atom is 0.258 e. The molecule has 0 aliphatic heterocycles. The summed E-state index contributed by atoms with van der Waals surface area (Å²) in [5, 5.41) is 9.38. The van der Waals surface area contributed by atoms with Gasteiger partial charge in [0.2, 0.25) is 0 Å². The molecule has 1 aliphatic carbocycles. The summed E-state index contributed by atoms with van der Waals surface area (Å²) >= 11 is 0. The molecule has 0 spiro atoms. The summed E-state index contributed by atoms with van der Waals surface area (Å²) in [6.07, 6.45) is 8.03. The van der Waals surface area contributed by atoms with Gasteiger partial charge in [-0.15, -0.1) is 0 Å². The van der Waals surface area contributed by atoms with Crippen molar-refractivity contribution in [3.05, 3.63) is 41.7 Å². The molecule has 1 fully saturated rings. The third-order valence-corrected chi connectivity index (χ3v) is 5.20. The van der Waals surface area contributed by atoms with Crippen LogP contribution in [0.4, 0.5) is 0 Å². The van der Waals surface area contributed by atoms with E-state index in [1.165, 1.54) is 12.8 Å².